The zero-order valence-corrected chi connectivity index (χ0v) is 23.8. The van der Waals surface area contributed by atoms with Crippen LogP contribution in [0.2, 0.25) is 0 Å². The van der Waals surface area contributed by atoms with Crippen LogP contribution in [0.25, 0.3) is 0 Å². The predicted molar refractivity (Wildman–Crippen MR) is 148 cm³/mol. The van der Waals surface area contributed by atoms with Crippen molar-refractivity contribution in [1.82, 2.24) is 14.7 Å². The van der Waals surface area contributed by atoms with Crippen molar-refractivity contribution in [1.29, 1.82) is 0 Å². The maximum atomic E-state index is 13.6. The van der Waals surface area contributed by atoms with E-state index in [2.05, 4.69) is 24.8 Å². The molecule has 0 aromatic heterocycles. The summed E-state index contributed by atoms with van der Waals surface area (Å²) in [6, 6.07) is 3.62. The molecule has 0 saturated carbocycles. The highest BCUT2D eigenvalue weighted by Gasteiger charge is 2.47. The van der Waals surface area contributed by atoms with Gasteiger partial charge in [0.1, 0.15) is 0 Å². The van der Waals surface area contributed by atoms with Gasteiger partial charge in [0, 0.05) is 63.1 Å². The zero-order valence-electron chi connectivity index (χ0n) is 23.8. The second kappa shape index (κ2) is 13.5. The number of likely N-dealkylation sites (tertiary alicyclic amines) is 2. The summed E-state index contributed by atoms with van der Waals surface area (Å²) in [4.78, 5) is 44.6. The van der Waals surface area contributed by atoms with E-state index in [4.69, 9.17) is 9.47 Å². The molecule has 4 rings (SSSR count). The van der Waals surface area contributed by atoms with Crippen LogP contribution >= 0.6 is 0 Å². The normalized spacial score (nSPS) is 22.7. The average molecular weight is 544 g/mol. The highest BCUT2D eigenvalue weighted by atomic mass is 16.5. The third-order valence-electron chi connectivity index (χ3n) is 8.57. The highest BCUT2D eigenvalue weighted by molar-refractivity contribution is 5.79. The minimum atomic E-state index is -0.864. The number of carbonyl (C=O) groups is 3. The maximum absolute atomic E-state index is 13.6. The number of fused-ring (bicyclic) bond motifs is 1. The van der Waals surface area contributed by atoms with E-state index in [1.807, 2.05) is 15.9 Å². The second-order valence-electron chi connectivity index (χ2n) is 11.1. The average Bonchev–Trinajstić information content (AvgIpc) is 3.65. The van der Waals surface area contributed by atoms with Gasteiger partial charge < -0.3 is 24.4 Å². The molecule has 216 valence electrons. The van der Waals surface area contributed by atoms with Crippen molar-refractivity contribution >= 4 is 17.8 Å². The molecule has 2 fully saturated rings. The summed E-state index contributed by atoms with van der Waals surface area (Å²) in [5.74, 6) is -0.295. The van der Waals surface area contributed by atoms with E-state index in [1.54, 1.807) is 7.11 Å². The van der Waals surface area contributed by atoms with Gasteiger partial charge in [-0.15, -0.1) is 0 Å². The molecule has 1 N–H and O–H groups in total. The number of hydrogen-bond acceptors (Lipinski definition) is 6. The molecule has 39 heavy (non-hydrogen) atoms. The summed E-state index contributed by atoms with van der Waals surface area (Å²) in [6.07, 6.45) is 6.62. The van der Waals surface area contributed by atoms with Crippen LogP contribution in [0.3, 0.4) is 0 Å². The number of carboxylic acid groups (broad SMARTS) is 1. The molecule has 1 aromatic rings. The standard InChI is InChI=1S/C30H45N3O6/c1-4-6-12-31(13-7-5-2)27(35)20-33-19-23(22-17-21-11-16-39-29(21)25(18-22)38-3)28(30(36)37)24(33)10-15-32-14-8-9-26(32)34/h17-18,23-24,28H,4-16,19-20H2,1-3H3,(H,36,37)/t23-,24+,28-/m1/s1. The highest BCUT2D eigenvalue weighted by Crippen LogP contribution is 2.44. The van der Waals surface area contributed by atoms with E-state index in [0.29, 0.717) is 38.3 Å². The van der Waals surface area contributed by atoms with Gasteiger partial charge in [-0.05, 0) is 37.3 Å². The van der Waals surface area contributed by atoms with Crippen molar-refractivity contribution in [3.05, 3.63) is 23.3 Å². The van der Waals surface area contributed by atoms with Gasteiger partial charge in [0.15, 0.2) is 11.5 Å². The predicted octanol–water partition coefficient (Wildman–Crippen LogP) is 3.54. The molecule has 3 aliphatic heterocycles. The molecule has 0 aliphatic carbocycles. The number of amides is 2. The van der Waals surface area contributed by atoms with Crippen LogP contribution in [0.15, 0.2) is 12.1 Å². The Morgan fingerprint density at radius 2 is 1.90 bits per heavy atom. The number of aliphatic carboxylic acids is 1. The third kappa shape index (κ3) is 6.68. The maximum Gasteiger partial charge on any atom is 0.308 e. The molecule has 9 nitrogen and oxygen atoms in total. The number of rotatable bonds is 14. The number of carboxylic acids is 1. The number of benzene rings is 1. The van der Waals surface area contributed by atoms with Crippen molar-refractivity contribution in [3.63, 3.8) is 0 Å². The van der Waals surface area contributed by atoms with E-state index in [-0.39, 0.29) is 30.3 Å². The molecule has 9 heteroatoms. The molecule has 0 bridgehead atoms. The summed E-state index contributed by atoms with van der Waals surface area (Å²) < 4.78 is 11.4. The van der Waals surface area contributed by atoms with E-state index in [9.17, 15) is 19.5 Å². The van der Waals surface area contributed by atoms with Gasteiger partial charge in [-0.2, -0.15) is 0 Å². The van der Waals surface area contributed by atoms with Crippen LogP contribution in [0.1, 0.15) is 75.8 Å². The summed E-state index contributed by atoms with van der Waals surface area (Å²) in [5.41, 5.74) is 1.95. The number of unbranched alkanes of at least 4 members (excludes halogenated alkanes) is 2. The molecule has 0 radical (unpaired) electrons. The summed E-state index contributed by atoms with van der Waals surface area (Å²) in [7, 11) is 1.60. The Balaban J connectivity index is 1.62. The quantitative estimate of drug-likeness (QED) is 0.383. The SMILES string of the molecule is CCCCN(CCCC)C(=O)CN1C[C@H](c2cc3c(c(OC)c2)OCC3)[C@@H](C(=O)O)[C@@H]1CCN1CCCC1=O. The van der Waals surface area contributed by atoms with Crippen molar-refractivity contribution in [3.8, 4) is 11.5 Å². The first kappa shape index (κ1) is 29.2. The monoisotopic (exact) mass is 543 g/mol. The summed E-state index contributed by atoms with van der Waals surface area (Å²) in [5, 5.41) is 10.5. The van der Waals surface area contributed by atoms with Crippen LogP contribution in [-0.4, -0.2) is 96.6 Å². The van der Waals surface area contributed by atoms with Crippen LogP contribution < -0.4 is 9.47 Å². The minimum absolute atomic E-state index is 0.0591. The second-order valence-corrected chi connectivity index (χ2v) is 11.1. The van der Waals surface area contributed by atoms with Gasteiger partial charge >= 0.3 is 5.97 Å². The number of carbonyl (C=O) groups excluding carboxylic acids is 2. The summed E-state index contributed by atoms with van der Waals surface area (Å²) in [6.45, 7) is 8.18. The van der Waals surface area contributed by atoms with Crippen molar-refractivity contribution in [2.45, 2.75) is 77.2 Å². The van der Waals surface area contributed by atoms with Crippen molar-refractivity contribution in [2.75, 3.05) is 53.0 Å². The van der Waals surface area contributed by atoms with Crippen molar-refractivity contribution in [2.24, 2.45) is 5.92 Å². The topological polar surface area (TPSA) is 99.6 Å². The van der Waals surface area contributed by atoms with Gasteiger partial charge in [0.05, 0.1) is 26.2 Å². The molecule has 3 heterocycles. The van der Waals surface area contributed by atoms with Gasteiger partial charge in [-0.25, -0.2) is 0 Å². The van der Waals surface area contributed by atoms with Gasteiger partial charge in [0.2, 0.25) is 11.8 Å². The lowest BCUT2D eigenvalue weighted by Crippen LogP contribution is -2.45. The van der Waals surface area contributed by atoms with Gasteiger partial charge in [-0.1, -0.05) is 32.8 Å². The zero-order chi connectivity index (χ0) is 27.9. The molecule has 2 saturated heterocycles. The Morgan fingerprint density at radius 1 is 1.15 bits per heavy atom. The molecule has 3 atom stereocenters. The molecule has 0 spiro atoms. The fourth-order valence-corrected chi connectivity index (χ4v) is 6.41. The summed E-state index contributed by atoms with van der Waals surface area (Å²) >= 11 is 0. The molecule has 1 aromatic carbocycles. The van der Waals surface area contributed by atoms with Crippen LogP contribution in [0.4, 0.5) is 0 Å². The Bertz CT molecular complexity index is 1020. The van der Waals surface area contributed by atoms with E-state index >= 15 is 0 Å². The number of nitrogens with zero attached hydrogens (tertiary/aromatic N) is 3. The molecule has 3 aliphatic rings. The van der Waals surface area contributed by atoms with E-state index < -0.39 is 11.9 Å². The number of hydrogen-bond donors (Lipinski definition) is 1. The van der Waals surface area contributed by atoms with Crippen LogP contribution in [-0.2, 0) is 20.8 Å². The molecular weight excluding hydrogens is 498 g/mol. The molecule has 0 unspecified atom stereocenters. The van der Waals surface area contributed by atoms with Crippen molar-refractivity contribution < 1.29 is 29.0 Å². The molecular formula is C30H45N3O6. The number of methoxy groups -OCH3 is 1. The Morgan fingerprint density at radius 3 is 2.51 bits per heavy atom. The van der Waals surface area contributed by atoms with Gasteiger partial charge in [0.25, 0.3) is 0 Å². The largest absolute Gasteiger partial charge is 0.493 e. The first-order valence-corrected chi connectivity index (χ1v) is 14.7. The smallest absolute Gasteiger partial charge is 0.308 e. The van der Waals surface area contributed by atoms with E-state index in [1.165, 1.54) is 0 Å². The molecule has 2 amide bonds. The van der Waals surface area contributed by atoms with Crippen LogP contribution in [0, 0.1) is 5.92 Å². The first-order chi connectivity index (χ1) is 18.9. The fraction of sp³-hybridized carbons (Fsp3) is 0.700. The lowest BCUT2D eigenvalue weighted by Gasteiger charge is -2.30. The lowest BCUT2D eigenvalue weighted by atomic mass is 9.83. The first-order valence-electron chi connectivity index (χ1n) is 14.7. The minimum Gasteiger partial charge on any atom is -0.493 e. The Hall–Kier alpha value is -2.81. The van der Waals surface area contributed by atoms with Crippen LogP contribution in [0.5, 0.6) is 11.5 Å². The van der Waals surface area contributed by atoms with Gasteiger partial charge in [-0.3, -0.25) is 19.3 Å². The lowest BCUT2D eigenvalue weighted by molar-refractivity contribution is -0.144. The number of ether oxygens (including phenoxy) is 2. The Labute approximate surface area is 232 Å². The fourth-order valence-electron chi connectivity index (χ4n) is 6.41. The van der Waals surface area contributed by atoms with E-state index in [0.717, 1.165) is 75.0 Å². The third-order valence-corrected chi connectivity index (χ3v) is 8.57. The Kier molecular flexibility index (Phi) is 10.1.